The van der Waals surface area contributed by atoms with Gasteiger partial charge in [-0.05, 0) is 52.5 Å². The number of phenols is 1. The second kappa shape index (κ2) is 16.9. The number of rotatable bonds is 3. The number of likely N-dealkylation sites (tertiary alicyclic amines) is 1. The van der Waals surface area contributed by atoms with E-state index in [1.165, 1.54) is 34.1 Å². The molecular weight excluding hydrogens is 773 g/mol. The van der Waals surface area contributed by atoms with E-state index in [-0.39, 0.29) is 63.3 Å². The molecule has 9 atom stereocenters. The van der Waals surface area contributed by atoms with Gasteiger partial charge in [0, 0.05) is 68.9 Å². The lowest BCUT2D eigenvalue weighted by molar-refractivity contribution is -0.336. The summed E-state index contributed by atoms with van der Waals surface area (Å²) in [6, 6.07) is 0. The van der Waals surface area contributed by atoms with Crippen molar-refractivity contribution >= 4 is 29.2 Å². The van der Waals surface area contributed by atoms with Crippen LogP contribution >= 0.6 is 0 Å². The van der Waals surface area contributed by atoms with Gasteiger partial charge in [-0.3, -0.25) is 24.0 Å². The maximum Gasteiger partial charge on any atom is 0.312 e. The number of piperidine rings is 1. The minimum absolute atomic E-state index is 0.0479. The summed E-state index contributed by atoms with van der Waals surface area (Å²) in [5.74, 6) is -7.83. The van der Waals surface area contributed by atoms with Gasteiger partial charge in [-0.1, -0.05) is 52.8 Å². The molecule has 0 aromatic heterocycles. The number of fused-ring (bicyclic) bond motifs is 10. The second-order valence-electron chi connectivity index (χ2n) is 17.8. The zero-order valence-electron chi connectivity index (χ0n) is 36.8. The van der Waals surface area contributed by atoms with Crippen LogP contribution in [0.3, 0.4) is 0 Å². The Bertz CT molecular complexity index is 2070. The minimum atomic E-state index is -2.02. The number of carbonyl (C=O) groups is 5. The number of hydrogen-bond acceptors (Lipinski definition) is 13. The molecule has 7 rings (SSSR count). The van der Waals surface area contributed by atoms with Gasteiger partial charge >= 0.3 is 11.8 Å². The maximum absolute atomic E-state index is 14.9. The Morgan fingerprint density at radius 3 is 2.17 bits per heavy atom. The smallest absolute Gasteiger partial charge is 0.312 e. The topological polar surface area (TPSA) is 176 Å². The fourth-order valence-corrected chi connectivity index (χ4v) is 9.30. The quantitative estimate of drug-likeness (QED) is 0.317. The highest BCUT2D eigenvalue weighted by molar-refractivity contribution is 6.32. The van der Waals surface area contributed by atoms with Gasteiger partial charge in [0.25, 0.3) is 11.7 Å². The fraction of sp³-hybridized carbons (Fsp3) is 0.587. The van der Waals surface area contributed by atoms with Crippen molar-refractivity contribution in [1.82, 2.24) is 10.2 Å². The Hall–Kier alpha value is -4.79. The lowest BCUT2D eigenvalue weighted by Gasteiger charge is -2.50. The molecule has 1 aromatic rings. The number of carbonyl (C=O) groups excluding carboxylic acids is 5. The minimum Gasteiger partial charge on any atom is -0.507 e. The van der Waals surface area contributed by atoms with Crippen LogP contribution in [0.5, 0.6) is 11.5 Å². The molecule has 5 aliphatic heterocycles. The zero-order chi connectivity index (χ0) is 44.2. The monoisotopic (exact) mass is 832 g/mol. The Labute approximate surface area is 352 Å². The molecular formula is C46H60N2O12. The lowest BCUT2D eigenvalue weighted by Crippen LogP contribution is -2.56. The fourth-order valence-electron chi connectivity index (χ4n) is 9.30. The molecule has 9 unspecified atom stereocenters. The molecule has 1 amide bonds. The van der Waals surface area contributed by atoms with Gasteiger partial charge < -0.3 is 43.7 Å². The Kier molecular flexibility index (Phi) is 12.6. The van der Waals surface area contributed by atoms with Gasteiger partial charge in [-0.15, -0.1) is 0 Å². The van der Waals surface area contributed by atoms with Crippen molar-refractivity contribution < 1.29 is 57.5 Å². The van der Waals surface area contributed by atoms with Crippen molar-refractivity contribution in [3.05, 3.63) is 69.8 Å². The van der Waals surface area contributed by atoms with E-state index in [1.807, 2.05) is 47.6 Å². The number of hydrogen-bond donors (Lipinski definition) is 2. The number of phenolic OH excluding ortho intramolecular Hbond substituents is 1. The second-order valence-corrected chi connectivity index (χ2v) is 17.8. The summed E-state index contributed by atoms with van der Waals surface area (Å²) < 4.78 is 37.2. The third-order valence-corrected chi connectivity index (χ3v) is 12.8. The van der Waals surface area contributed by atoms with E-state index in [0.717, 1.165) is 12.8 Å². The molecule has 14 heteroatoms. The standard InChI is InChI=1S/C46H60N2O12/c1-22-16-19-48(20-17-22)35-34-37(51)32-31(38(35)52)33-42(26(5)36(32)50)60-46(11,43(33)53)56-21-18-30(55-12)25(4)40(57-29(8)49)28(7)41-27(6)39(58-45(9,10)59-41)23(2)14-13-15-24(3)44(54)47-34/h13-15,18,21-23,25,27-28,30,39-41,50H,16-17,19-20H2,1-12H3,(H,47,54). The third kappa shape index (κ3) is 8.17. The number of esters is 1. The highest BCUT2D eigenvalue weighted by atomic mass is 16.7. The van der Waals surface area contributed by atoms with Crippen molar-refractivity contribution in [3.63, 3.8) is 0 Å². The van der Waals surface area contributed by atoms with Crippen molar-refractivity contribution in [2.75, 3.05) is 20.2 Å². The molecule has 6 aliphatic rings. The first kappa shape index (κ1) is 44.8. The first-order chi connectivity index (χ1) is 28.1. The van der Waals surface area contributed by atoms with Gasteiger partial charge in [0.1, 0.15) is 29.0 Å². The number of nitrogens with zero attached hydrogens (tertiary/aromatic N) is 1. The third-order valence-electron chi connectivity index (χ3n) is 12.8. The van der Waals surface area contributed by atoms with Crippen molar-refractivity contribution in [1.29, 1.82) is 0 Å². The molecule has 5 heterocycles. The van der Waals surface area contributed by atoms with Crippen LogP contribution < -0.4 is 10.1 Å². The van der Waals surface area contributed by atoms with Crippen LogP contribution in [0, 0.1) is 36.5 Å². The number of ketones is 3. The van der Waals surface area contributed by atoms with E-state index in [9.17, 15) is 29.1 Å². The molecule has 1 aliphatic carbocycles. The largest absolute Gasteiger partial charge is 0.507 e. The molecule has 0 spiro atoms. The summed E-state index contributed by atoms with van der Waals surface area (Å²) in [5, 5.41) is 14.3. The van der Waals surface area contributed by atoms with Crippen molar-refractivity contribution in [2.45, 2.75) is 125 Å². The number of amides is 1. The van der Waals surface area contributed by atoms with Crippen LogP contribution in [0.15, 0.2) is 47.5 Å². The molecule has 2 N–H and O–H groups in total. The normalized spacial score (nSPS) is 32.7. The number of Topliss-reactive ketones (excluding diaryl/α,β-unsaturated/α-hetero) is 3. The molecule has 2 fully saturated rings. The zero-order valence-corrected chi connectivity index (χ0v) is 36.8. The van der Waals surface area contributed by atoms with Crippen LogP contribution in [-0.2, 0) is 33.3 Å². The van der Waals surface area contributed by atoms with E-state index < -0.39 is 76.3 Å². The van der Waals surface area contributed by atoms with E-state index >= 15 is 0 Å². The summed E-state index contributed by atoms with van der Waals surface area (Å²) in [5.41, 5.74) is -0.926. The highest BCUT2D eigenvalue weighted by Gasteiger charge is 2.54. The molecule has 0 saturated carbocycles. The number of nitrogens with one attached hydrogen (secondary N) is 1. The Morgan fingerprint density at radius 1 is 0.883 bits per heavy atom. The summed E-state index contributed by atoms with van der Waals surface area (Å²) in [6.07, 6.45) is 7.42. The number of methoxy groups -OCH3 is 1. The summed E-state index contributed by atoms with van der Waals surface area (Å²) >= 11 is 0. The molecule has 326 valence electrons. The molecule has 60 heavy (non-hydrogen) atoms. The van der Waals surface area contributed by atoms with Gasteiger partial charge in [0.05, 0.1) is 41.3 Å². The molecule has 7 bridgehead atoms. The Morgan fingerprint density at radius 2 is 1.53 bits per heavy atom. The molecule has 2 saturated heterocycles. The van der Waals surface area contributed by atoms with E-state index in [0.29, 0.717) is 19.0 Å². The van der Waals surface area contributed by atoms with Crippen LogP contribution in [0.2, 0.25) is 0 Å². The molecule has 0 radical (unpaired) electrons. The van der Waals surface area contributed by atoms with Crippen LogP contribution in [0.25, 0.3) is 0 Å². The highest BCUT2D eigenvalue weighted by Crippen LogP contribution is 2.49. The maximum atomic E-state index is 14.9. The number of benzene rings is 1. The molecule has 14 nitrogen and oxygen atoms in total. The van der Waals surface area contributed by atoms with Gasteiger partial charge in [0.15, 0.2) is 5.79 Å². The lowest BCUT2D eigenvalue weighted by atomic mass is 9.77. The summed E-state index contributed by atoms with van der Waals surface area (Å²) in [4.78, 5) is 72.3. The predicted octanol–water partition coefficient (Wildman–Crippen LogP) is 6.49. The van der Waals surface area contributed by atoms with Gasteiger partial charge in [-0.2, -0.15) is 0 Å². The molecule has 1 aromatic carbocycles. The van der Waals surface area contributed by atoms with Gasteiger partial charge in [0.2, 0.25) is 11.6 Å². The predicted molar refractivity (Wildman–Crippen MR) is 220 cm³/mol. The first-order valence-electron chi connectivity index (χ1n) is 20.9. The summed E-state index contributed by atoms with van der Waals surface area (Å²) in [6.45, 7) is 20.3. The first-order valence-corrected chi connectivity index (χ1v) is 20.9. The summed E-state index contributed by atoms with van der Waals surface area (Å²) in [7, 11) is 1.51. The van der Waals surface area contributed by atoms with Crippen LogP contribution in [-0.4, -0.2) is 95.4 Å². The van der Waals surface area contributed by atoms with E-state index in [4.69, 9.17) is 28.4 Å². The van der Waals surface area contributed by atoms with E-state index in [2.05, 4.69) is 12.2 Å². The van der Waals surface area contributed by atoms with Crippen molar-refractivity contribution in [3.8, 4) is 11.5 Å². The van der Waals surface area contributed by atoms with Gasteiger partial charge in [-0.25, -0.2) is 0 Å². The van der Waals surface area contributed by atoms with Crippen LogP contribution in [0.4, 0.5) is 0 Å². The average Bonchev–Trinajstić information content (AvgIpc) is 3.45. The SMILES string of the molecule is COC1C=COC2(C)Oc3c(C)c(O)c4c(c3C2=O)C(=O)C(N2CCC(C)CC2)=C(NC(=O)C(C)=CC=CC(C)C2OC(C)(C)OC(C2C)C(C)C(OC(C)=O)C1C)C4=O. The number of aromatic hydroxyl groups is 1. The number of allylic oxidation sites excluding steroid dienone is 4. The van der Waals surface area contributed by atoms with E-state index in [1.54, 1.807) is 30.1 Å². The average molecular weight is 833 g/mol. The number of ether oxygens (including phenoxy) is 6. The van der Waals surface area contributed by atoms with Crippen molar-refractivity contribution in [2.24, 2.45) is 29.6 Å². The Balaban J connectivity index is 1.50. The van der Waals surface area contributed by atoms with Crippen LogP contribution in [0.1, 0.15) is 119 Å².